The first-order chi connectivity index (χ1) is 11.8. The number of benzene rings is 1. The molecular formula is C16H18N4O4S. The van der Waals surface area contributed by atoms with Crippen molar-refractivity contribution < 1.29 is 19.1 Å². The molecule has 2 aromatic rings. The second-order valence-electron chi connectivity index (χ2n) is 5.30. The number of anilines is 3. The molecule has 132 valence electrons. The third kappa shape index (κ3) is 4.77. The molecule has 1 aromatic carbocycles. The molecule has 0 spiro atoms. The van der Waals surface area contributed by atoms with Crippen LogP contribution in [0.15, 0.2) is 24.3 Å². The Hall–Kier alpha value is -2.94. The molecule has 0 fully saturated rings. The Balaban J connectivity index is 1.96. The van der Waals surface area contributed by atoms with E-state index in [1.165, 1.54) is 13.8 Å². The lowest BCUT2D eigenvalue weighted by atomic mass is 10.2. The number of aromatic nitrogens is 1. The van der Waals surface area contributed by atoms with Crippen LogP contribution in [0, 0.1) is 6.92 Å². The summed E-state index contributed by atoms with van der Waals surface area (Å²) in [5, 5.41) is 5.50. The van der Waals surface area contributed by atoms with E-state index in [1.807, 2.05) is 0 Å². The molecular weight excluding hydrogens is 344 g/mol. The summed E-state index contributed by atoms with van der Waals surface area (Å²) in [4.78, 5) is 35.2. The molecule has 1 aromatic heterocycles. The zero-order valence-corrected chi connectivity index (χ0v) is 14.8. The van der Waals surface area contributed by atoms with Gasteiger partial charge >= 0.3 is 5.97 Å². The third-order valence-corrected chi connectivity index (χ3v) is 3.99. The molecule has 2 rings (SSSR count). The first kappa shape index (κ1) is 18.4. The molecule has 0 saturated heterocycles. The van der Waals surface area contributed by atoms with Crippen LogP contribution in [0.3, 0.4) is 0 Å². The number of carbonyl (C=O) groups excluding carboxylic acids is 3. The number of nitrogens with two attached hydrogens (primary N) is 1. The first-order valence-electron chi connectivity index (χ1n) is 7.39. The Kier molecular flexibility index (Phi) is 5.71. The van der Waals surface area contributed by atoms with Crippen molar-refractivity contribution in [3.63, 3.8) is 0 Å². The number of nitrogen functional groups attached to an aromatic ring is 1. The van der Waals surface area contributed by atoms with Crippen molar-refractivity contribution in [2.45, 2.75) is 26.9 Å². The van der Waals surface area contributed by atoms with Gasteiger partial charge in [-0.3, -0.25) is 9.59 Å². The second kappa shape index (κ2) is 7.75. The summed E-state index contributed by atoms with van der Waals surface area (Å²) < 4.78 is 9.12. The van der Waals surface area contributed by atoms with E-state index in [9.17, 15) is 14.4 Å². The van der Waals surface area contributed by atoms with Crippen LogP contribution in [0.4, 0.5) is 16.4 Å². The van der Waals surface area contributed by atoms with Crippen molar-refractivity contribution in [2.75, 3.05) is 16.4 Å². The average molecular weight is 362 g/mol. The predicted molar refractivity (Wildman–Crippen MR) is 95.5 cm³/mol. The molecule has 0 unspecified atom stereocenters. The van der Waals surface area contributed by atoms with Crippen LogP contribution >= 0.6 is 11.5 Å². The minimum atomic E-state index is -1.01. The van der Waals surface area contributed by atoms with E-state index >= 15 is 0 Å². The van der Waals surface area contributed by atoms with Gasteiger partial charge in [0.25, 0.3) is 5.91 Å². The zero-order valence-electron chi connectivity index (χ0n) is 14.0. The highest BCUT2D eigenvalue weighted by Gasteiger charge is 2.23. The summed E-state index contributed by atoms with van der Waals surface area (Å²) in [6.07, 6.45) is -1.01. The van der Waals surface area contributed by atoms with Crippen LogP contribution in [0.5, 0.6) is 0 Å². The Labute approximate surface area is 148 Å². The number of nitrogens with zero attached hydrogens (tertiary/aromatic N) is 1. The molecule has 0 aliphatic carbocycles. The maximum absolute atomic E-state index is 12.1. The second-order valence-corrected chi connectivity index (χ2v) is 6.11. The van der Waals surface area contributed by atoms with Gasteiger partial charge in [-0.1, -0.05) is 0 Å². The Morgan fingerprint density at radius 3 is 2.20 bits per heavy atom. The minimum Gasteiger partial charge on any atom is -0.449 e. The van der Waals surface area contributed by atoms with Gasteiger partial charge in [-0.15, -0.1) is 0 Å². The number of carbonyl (C=O) groups is 3. The van der Waals surface area contributed by atoms with Crippen molar-refractivity contribution in [3.05, 3.63) is 35.5 Å². The number of ether oxygens (including phenoxy) is 1. The lowest BCUT2D eigenvalue weighted by molar-refractivity contribution is -0.123. The summed E-state index contributed by atoms with van der Waals surface area (Å²) in [6.45, 7) is 4.51. The van der Waals surface area contributed by atoms with E-state index in [4.69, 9.17) is 10.5 Å². The predicted octanol–water partition coefficient (Wildman–Crippen LogP) is 2.18. The molecule has 1 heterocycles. The number of hydrogen-bond donors (Lipinski definition) is 3. The van der Waals surface area contributed by atoms with E-state index < -0.39 is 18.0 Å². The number of esters is 1. The number of hydrogen-bond acceptors (Lipinski definition) is 7. The fourth-order valence-electron chi connectivity index (χ4n) is 1.99. The van der Waals surface area contributed by atoms with Crippen molar-refractivity contribution in [3.8, 4) is 0 Å². The van der Waals surface area contributed by atoms with Crippen LogP contribution in [-0.4, -0.2) is 28.3 Å². The monoisotopic (exact) mass is 362 g/mol. The first-order valence-corrected chi connectivity index (χ1v) is 8.16. The Bertz CT molecular complexity index is 781. The van der Waals surface area contributed by atoms with Crippen LogP contribution in [-0.2, 0) is 14.3 Å². The molecule has 1 atom stereocenters. The van der Waals surface area contributed by atoms with E-state index in [-0.39, 0.29) is 16.5 Å². The van der Waals surface area contributed by atoms with Gasteiger partial charge in [0.05, 0.1) is 5.69 Å². The molecule has 0 aliphatic rings. The van der Waals surface area contributed by atoms with Crippen molar-refractivity contribution in [1.29, 1.82) is 0 Å². The average Bonchev–Trinajstić information content (AvgIpc) is 2.87. The van der Waals surface area contributed by atoms with Gasteiger partial charge in [-0.2, -0.15) is 4.37 Å². The van der Waals surface area contributed by atoms with Crippen LogP contribution < -0.4 is 16.4 Å². The maximum atomic E-state index is 12.1. The van der Waals surface area contributed by atoms with E-state index in [0.717, 1.165) is 11.5 Å². The van der Waals surface area contributed by atoms with E-state index in [0.29, 0.717) is 17.1 Å². The number of nitrogens with one attached hydrogen (secondary N) is 2. The molecule has 0 radical (unpaired) electrons. The highest BCUT2D eigenvalue weighted by atomic mass is 32.1. The largest absolute Gasteiger partial charge is 0.449 e. The summed E-state index contributed by atoms with van der Waals surface area (Å²) in [7, 11) is 0. The topological polar surface area (TPSA) is 123 Å². The van der Waals surface area contributed by atoms with Gasteiger partial charge in [-0.05, 0) is 49.6 Å². The van der Waals surface area contributed by atoms with Crippen molar-refractivity contribution >= 4 is 45.7 Å². The minimum absolute atomic E-state index is 0.185. The fourth-order valence-corrected chi connectivity index (χ4v) is 2.64. The van der Waals surface area contributed by atoms with Crippen molar-refractivity contribution in [2.24, 2.45) is 0 Å². The van der Waals surface area contributed by atoms with Gasteiger partial charge in [0.2, 0.25) is 5.91 Å². The standard InChI is InChI=1S/C16H18N4O4S/c1-8-13(14(17)25-20-8)16(23)24-9(2)15(22)19-12-6-4-11(5-7-12)18-10(3)21/h4-7,9H,17H2,1-3H3,(H,18,21)(H,19,22)/t9-/m1/s1. The SMILES string of the molecule is CC(=O)Nc1ccc(NC(=O)[C@@H](C)OC(=O)c2c(C)nsc2N)cc1. The molecule has 0 aliphatic heterocycles. The molecule has 8 nitrogen and oxygen atoms in total. The Morgan fingerprint density at radius 2 is 1.72 bits per heavy atom. The zero-order chi connectivity index (χ0) is 18.6. The molecule has 0 bridgehead atoms. The quantitative estimate of drug-likeness (QED) is 0.701. The number of rotatable bonds is 5. The highest BCUT2D eigenvalue weighted by Crippen LogP contribution is 2.22. The lowest BCUT2D eigenvalue weighted by Crippen LogP contribution is -2.30. The fraction of sp³-hybridized carbons (Fsp3) is 0.250. The van der Waals surface area contributed by atoms with E-state index in [2.05, 4.69) is 15.0 Å². The van der Waals surface area contributed by atoms with Crippen molar-refractivity contribution in [1.82, 2.24) is 4.37 Å². The molecule has 4 N–H and O–H groups in total. The summed E-state index contributed by atoms with van der Waals surface area (Å²) >= 11 is 0.999. The van der Waals surface area contributed by atoms with Crippen LogP contribution in [0.25, 0.3) is 0 Å². The normalized spacial score (nSPS) is 11.5. The Morgan fingerprint density at radius 1 is 1.16 bits per heavy atom. The van der Waals surface area contributed by atoms with E-state index in [1.54, 1.807) is 31.2 Å². The smallest absolute Gasteiger partial charge is 0.343 e. The molecule has 2 amide bonds. The van der Waals surface area contributed by atoms with Crippen LogP contribution in [0.1, 0.15) is 29.9 Å². The summed E-state index contributed by atoms with van der Waals surface area (Å²) in [5.41, 5.74) is 7.46. The summed E-state index contributed by atoms with van der Waals surface area (Å²) in [6, 6.07) is 6.55. The number of amides is 2. The third-order valence-electron chi connectivity index (χ3n) is 3.22. The van der Waals surface area contributed by atoms with Gasteiger partial charge in [0.1, 0.15) is 10.6 Å². The molecule has 25 heavy (non-hydrogen) atoms. The molecule has 0 saturated carbocycles. The van der Waals surface area contributed by atoms with Gasteiger partial charge in [0.15, 0.2) is 6.10 Å². The van der Waals surface area contributed by atoms with Crippen LogP contribution in [0.2, 0.25) is 0 Å². The van der Waals surface area contributed by atoms with Gasteiger partial charge in [-0.25, -0.2) is 4.79 Å². The molecule has 9 heteroatoms. The summed E-state index contributed by atoms with van der Waals surface area (Å²) in [5.74, 6) is -1.36. The van der Waals surface area contributed by atoms with Gasteiger partial charge in [0, 0.05) is 18.3 Å². The highest BCUT2D eigenvalue weighted by molar-refractivity contribution is 7.10. The lowest BCUT2D eigenvalue weighted by Gasteiger charge is -2.14. The van der Waals surface area contributed by atoms with Gasteiger partial charge < -0.3 is 21.1 Å². The number of aryl methyl sites for hydroxylation is 1. The maximum Gasteiger partial charge on any atom is 0.343 e.